The van der Waals surface area contributed by atoms with Crippen LogP contribution in [0.5, 0.6) is 0 Å². The summed E-state index contributed by atoms with van der Waals surface area (Å²) in [6, 6.07) is 4.75. The SMILES string of the molecule is CCN(CC)P(=S)(c1cc(C)c(C)cc1N1CCOCC1)N(CC)CC. The fourth-order valence-electron chi connectivity index (χ4n) is 3.77. The first-order chi connectivity index (χ1) is 12.4. The van der Waals surface area contributed by atoms with Crippen LogP contribution in [0.4, 0.5) is 5.69 Å². The number of benzene rings is 1. The first-order valence-electron chi connectivity index (χ1n) is 9.99. The van der Waals surface area contributed by atoms with Crippen molar-refractivity contribution in [3.8, 4) is 0 Å². The lowest BCUT2D eigenvalue weighted by atomic mass is 10.1. The third kappa shape index (κ3) is 4.18. The average molecular weight is 398 g/mol. The van der Waals surface area contributed by atoms with Gasteiger partial charge in [-0.05, 0) is 37.1 Å². The number of aryl methyl sites for hydroxylation is 2. The van der Waals surface area contributed by atoms with Gasteiger partial charge in [0.15, 0.2) is 0 Å². The van der Waals surface area contributed by atoms with Gasteiger partial charge in [-0.1, -0.05) is 39.5 Å². The zero-order valence-electron chi connectivity index (χ0n) is 17.4. The lowest BCUT2D eigenvalue weighted by Gasteiger charge is -2.44. The molecule has 1 aliphatic rings. The van der Waals surface area contributed by atoms with Gasteiger partial charge in [0.1, 0.15) is 6.34 Å². The van der Waals surface area contributed by atoms with Crippen LogP contribution >= 0.6 is 6.34 Å². The van der Waals surface area contributed by atoms with Gasteiger partial charge >= 0.3 is 0 Å². The van der Waals surface area contributed by atoms with Crippen molar-refractivity contribution in [1.82, 2.24) is 9.34 Å². The maximum Gasteiger partial charge on any atom is 0.109 e. The smallest absolute Gasteiger partial charge is 0.109 e. The summed E-state index contributed by atoms with van der Waals surface area (Å²) in [6.45, 7) is 20.8. The van der Waals surface area contributed by atoms with E-state index in [1.165, 1.54) is 22.1 Å². The molecule has 26 heavy (non-hydrogen) atoms. The van der Waals surface area contributed by atoms with Crippen molar-refractivity contribution in [2.24, 2.45) is 0 Å². The minimum atomic E-state index is -2.03. The minimum absolute atomic E-state index is 0.797. The van der Waals surface area contributed by atoms with Crippen LogP contribution in [-0.2, 0) is 16.5 Å². The van der Waals surface area contributed by atoms with Crippen molar-refractivity contribution in [1.29, 1.82) is 0 Å². The van der Waals surface area contributed by atoms with Crippen molar-refractivity contribution < 1.29 is 4.74 Å². The molecule has 0 N–H and O–H groups in total. The van der Waals surface area contributed by atoms with E-state index in [4.69, 9.17) is 16.5 Å². The lowest BCUT2D eigenvalue weighted by Crippen LogP contribution is -2.42. The summed E-state index contributed by atoms with van der Waals surface area (Å²) in [5.41, 5.74) is 4.01. The third-order valence-electron chi connectivity index (χ3n) is 5.48. The van der Waals surface area contributed by atoms with Crippen LogP contribution in [0.25, 0.3) is 0 Å². The molecule has 0 aromatic heterocycles. The highest BCUT2D eigenvalue weighted by atomic mass is 32.4. The number of hydrogen-bond donors (Lipinski definition) is 0. The molecule has 0 saturated carbocycles. The molecule has 0 atom stereocenters. The van der Waals surface area contributed by atoms with E-state index in [0.717, 1.165) is 52.5 Å². The van der Waals surface area contributed by atoms with E-state index in [9.17, 15) is 0 Å². The molecule has 0 amide bonds. The Morgan fingerprint density at radius 2 is 1.38 bits per heavy atom. The second-order valence-corrected chi connectivity index (χ2v) is 11.1. The Balaban J connectivity index is 2.70. The van der Waals surface area contributed by atoms with Crippen LogP contribution in [0.1, 0.15) is 38.8 Å². The van der Waals surface area contributed by atoms with Gasteiger partial charge in [-0.25, -0.2) is 0 Å². The molecule has 1 heterocycles. The monoisotopic (exact) mass is 397 g/mol. The number of nitrogens with zero attached hydrogens (tertiary/aromatic N) is 3. The van der Waals surface area contributed by atoms with Gasteiger partial charge in [-0.2, -0.15) is 0 Å². The maximum absolute atomic E-state index is 6.57. The summed E-state index contributed by atoms with van der Waals surface area (Å²) in [6.07, 6.45) is -2.03. The molecule has 1 aromatic carbocycles. The molecule has 4 nitrogen and oxygen atoms in total. The minimum Gasteiger partial charge on any atom is -0.378 e. The van der Waals surface area contributed by atoms with E-state index in [0.29, 0.717) is 0 Å². The summed E-state index contributed by atoms with van der Waals surface area (Å²) in [5.74, 6) is 0. The first kappa shape index (κ1) is 21.8. The average Bonchev–Trinajstić information content (AvgIpc) is 2.66. The molecule has 1 aliphatic heterocycles. The molecular weight excluding hydrogens is 361 g/mol. The first-order valence-corrected chi connectivity index (χ1v) is 12.7. The number of rotatable bonds is 8. The van der Waals surface area contributed by atoms with Gasteiger partial charge in [0.05, 0.1) is 13.2 Å². The Morgan fingerprint density at radius 1 is 0.923 bits per heavy atom. The number of hydrogen-bond acceptors (Lipinski definition) is 3. The van der Waals surface area contributed by atoms with Crippen molar-refractivity contribution in [3.05, 3.63) is 23.3 Å². The highest BCUT2D eigenvalue weighted by molar-refractivity contribution is 8.16. The van der Waals surface area contributed by atoms with Crippen LogP contribution in [0.15, 0.2) is 12.1 Å². The molecule has 0 radical (unpaired) electrons. The van der Waals surface area contributed by atoms with E-state index in [-0.39, 0.29) is 0 Å². The van der Waals surface area contributed by atoms with E-state index >= 15 is 0 Å². The molecule has 6 heteroatoms. The molecule has 0 aliphatic carbocycles. The van der Waals surface area contributed by atoms with E-state index in [1.54, 1.807) is 0 Å². The predicted octanol–water partition coefficient (Wildman–Crippen LogP) is 3.76. The topological polar surface area (TPSA) is 19.0 Å². The van der Waals surface area contributed by atoms with E-state index < -0.39 is 6.34 Å². The zero-order valence-corrected chi connectivity index (χ0v) is 19.1. The number of anilines is 1. The molecule has 0 spiro atoms. The van der Waals surface area contributed by atoms with Gasteiger partial charge in [0, 0.05) is 50.3 Å². The maximum atomic E-state index is 6.57. The highest BCUT2D eigenvalue weighted by Crippen LogP contribution is 2.54. The standard InChI is InChI=1S/C20H36N3OPS/c1-7-22(8-2)25(26,23(9-3)10-4)20-16-18(6)17(5)15-19(20)21-11-13-24-14-12-21/h15-16H,7-14H2,1-6H3. The number of morpholine rings is 1. The predicted molar refractivity (Wildman–Crippen MR) is 119 cm³/mol. The Bertz CT molecular complexity index is 622. The van der Waals surface area contributed by atoms with Crippen LogP contribution in [-0.4, -0.2) is 61.8 Å². The normalized spacial score (nSPS) is 15.9. The van der Waals surface area contributed by atoms with E-state index in [1.807, 2.05) is 0 Å². The van der Waals surface area contributed by atoms with E-state index in [2.05, 4.69) is 67.9 Å². The van der Waals surface area contributed by atoms with Gasteiger partial charge in [-0.3, -0.25) is 9.34 Å². The lowest BCUT2D eigenvalue weighted by molar-refractivity contribution is 0.123. The zero-order chi connectivity index (χ0) is 19.3. The Labute approximate surface area is 165 Å². The van der Waals surface area contributed by atoms with Crippen LogP contribution < -0.4 is 10.2 Å². The van der Waals surface area contributed by atoms with Crippen LogP contribution in [0.2, 0.25) is 0 Å². The number of ether oxygens (including phenoxy) is 1. The second-order valence-electron chi connectivity index (χ2n) is 6.85. The third-order valence-corrected chi connectivity index (χ3v) is 11.1. The molecule has 1 saturated heterocycles. The van der Waals surface area contributed by atoms with Gasteiger partial charge in [-0.15, -0.1) is 0 Å². The second kappa shape index (κ2) is 9.66. The largest absolute Gasteiger partial charge is 0.378 e. The van der Waals surface area contributed by atoms with Gasteiger partial charge in [0.25, 0.3) is 0 Å². The van der Waals surface area contributed by atoms with Crippen molar-refractivity contribution in [2.75, 3.05) is 57.4 Å². The fraction of sp³-hybridized carbons (Fsp3) is 0.700. The quantitative estimate of drug-likeness (QED) is 0.620. The Morgan fingerprint density at radius 3 is 1.85 bits per heavy atom. The van der Waals surface area contributed by atoms with Crippen molar-refractivity contribution in [3.63, 3.8) is 0 Å². The Hall–Kier alpha value is -0.450. The summed E-state index contributed by atoms with van der Waals surface area (Å²) in [5, 5.41) is 1.37. The van der Waals surface area contributed by atoms with Gasteiger partial charge < -0.3 is 9.64 Å². The summed E-state index contributed by atoms with van der Waals surface area (Å²) < 4.78 is 10.7. The van der Waals surface area contributed by atoms with Crippen molar-refractivity contribution >= 4 is 29.1 Å². The summed E-state index contributed by atoms with van der Waals surface area (Å²) in [4.78, 5) is 2.49. The molecule has 1 aromatic rings. The summed E-state index contributed by atoms with van der Waals surface area (Å²) >= 11 is 6.57. The molecule has 148 valence electrons. The molecule has 2 rings (SSSR count). The molecule has 0 bridgehead atoms. The fourth-order valence-corrected chi connectivity index (χ4v) is 8.97. The molecular formula is C20H36N3OPS. The highest BCUT2D eigenvalue weighted by Gasteiger charge is 2.35. The summed E-state index contributed by atoms with van der Waals surface area (Å²) in [7, 11) is 0. The van der Waals surface area contributed by atoms with Gasteiger partial charge in [0.2, 0.25) is 0 Å². The van der Waals surface area contributed by atoms with Crippen LogP contribution in [0.3, 0.4) is 0 Å². The molecule has 0 unspecified atom stereocenters. The Kier molecular flexibility index (Phi) is 8.11. The molecule has 1 fully saturated rings. The van der Waals surface area contributed by atoms with Crippen molar-refractivity contribution in [2.45, 2.75) is 41.5 Å². The van der Waals surface area contributed by atoms with Crippen LogP contribution in [0, 0.1) is 13.8 Å².